The Hall–Kier alpha value is -3.96. The van der Waals surface area contributed by atoms with Gasteiger partial charge in [-0.15, -0.1) is 11.3 Å². The molecule has 2 aromatic heterocycles. The number of hydrogen-bond donors (Lipinski definition) is 0. The van der Waals surface area contributed by atoms with E-state index in [4.69, 9.17) is 4.74 Å². The molecule has 0 saturated carbocycles. The van der Waals surface area contributed by atoms with Crippen LogP contribution in [0.2, 0.25) is 0 Å². The fourth-order valence-electron chi connectivity index (χ4n) is 5.26. The molecular formula is C31H39N7O3S. The molecule has 11 heteroatoms. The molecule has 1 amide bonds. The van der Waals surface area contributed by atoms with Crippen LogP contribution in [0.4, 0.5) is 15.7 Å². The van der Waals surface area contributed by atoms with E-state index in [1.54, 1.807) is 23.5 Å². The predicted molar refractivity (Wildman–Crippen MR) is 165 cm³/mol. The van der Waals surface area contributed by atoms with Crippen LogP contribution in [-0.4, -0.2) is 83.4 Å². The molecule has 2 aliphatic rings. The minimum absolute atomic E-state index is 0.0802. The number of nitriles is 1. The average molecular weight is 590 g/mol. The summed E-state index contributed by atoms with van der Waals surface area (Å²) in [6, 6.07) is 3.84. The van der Waals surface area contributed by atoms with E-state index < -0.39 is 16.8 Å². The van der Waals surface area contributed by atoms with Crippen LogP contribution < -0.4 is 4.90 Å². The van der Waals surface area contributed by atoms with Crippen molar-refractivity contribution in [3.8, 4) is 17.9 Å². The largest absolute Gasteiger partial charge is 0.444 e. The summed E-state index contributed by atoms with van der Waals surface area (Å²) in [6.07, 6.45) is 6.17. The summed E-state index contributed by atoms with van der Waals surface area (Å²) in [5, 5.41) is 10.7. The van der Waals surface area contributed by atoms with Crippen LogP contribution in [0.25, 0.3) is 0 Å². The van der Waals surface area contributed by atoms with Crippen molar-refractivity contribution in [2.24, 2.45) is 4.99 Å². The Balaban J connectivity index is 1.55. The number of aromatic nitrogens is 2. The molecule has 222 valence electrons. The van der Waals surface area contributed by atoms with E-state index in [2.05, 4.69) is 32.9 Å². The number of hydrogen-bond acceptors (Lipinski definition) is 9. The van der Waals surface area contributed by atoms with Gasteiger partial charge >= 0.3 is 6.09 Å². The van der Waals surface area contributed by atoms with Gasteiger partial charge in [0.15, 0.2) is 0 Å². The topological polar surface area (TPSA) is 115 Å². The maximum atomic E-state index is 13.3. The van der Waals surface area contributed by atoms with Gasteiger partial charge in [0.05, 0.1) is 17.3 Å². The number of aliphatic imine (C=N–C) groups is 1. The highest BCUT2D eigenvalue weighted by Crippen LogP contribution is 2.47. The van der Waals surface area contributed by atoms with Gasteiger partial charge in [-0.3, -0.25) is 4.79 Å². The number of nitrogens with zero attached hydrogens (tertiary/aromatic N) is 7. The Kier molecular flexibility index (Phi) is 9.22. The van der Waals surface area contributed by atoms with Crippen molar-refractivity contribution in [2.45, 2.75) is 77.4 Å². The van der Waals surface area contributed by atoms with Crippen LogP contribution in [0.1, 0.15) is 80.4 Å². The fraction of sp³-hybridized carbons (Fsp3) is 0.548. The third-order valence-corrected chi connectivity index (χ3v) is 8.35. The number of Topliss-reactive ketones (excluding diaryl/α,β-unsaturated/α-hetero) is 1. The molecule has 1 fully saturated rings. The summed E-state index contributed by atoms with van der Waals surface area (Å²) in [5.41, 5.74) is 0.440. The fourth-order valence-corrected chi connectivity index (χ4v) is 6.52. The van der Waals surface area contributed by atoms with Crippen LogP contribution in [0.3, 0.4) is 0 Å². The van der Waals surface area contributed by atoms with Gasteiger partial charge in [-0.05, 0) is 72.3 Å². The highest BCUT2D eigenvalue weighted by molar-refractivity contribution is 7.16. The molecule has 2 atom stereocenters. The molecule has 2 aromatic rings. The number of carbonyl (C=O) groups excluding carboxylic acids is 2. The summed E-state index contributed by atoms with van der Waals surface area (Å²) >= 11 is 1.53. The molecule has 3 heterocycles. The maximum Gasteiger partial charge on any atom is 0.410 e. The van der Waals surface area contributed by atoms with Gasteiger partial charge in [-0.1, -0.05) is 5.92 Å². The van der Waals surface area contributed by atoms with Crippen molar-refractivity contribution in [2.75, 3.05) is 38.6 Å². The molecule has 0 N–H and O–H groups in total. The lowest BCUT2D eigenvalue weighted by molar-refractivity contribution is 0.0251. The minimum Gasteiger partial charge on any atom is -0.444 e. The zero-order valence-electron chi connectivity index (χ0n) is 25.5. The van der Waals surface area contributed by atoms with Crippen LogP contribution in [-0.2, 0) is 16.6 Å². The lowest BCUT2D eigenvalue weighted by Gasteiger charge is -2.30. The third kappa shape index (κ3) is 7.08. The molecule has 10 nitrogen and oxygen atoms in total. The summed E-state index contributed by atoms with van der Waals surface area (Å²) in [6.45, 7) is 11.2. The van der Waals surface area contributed by atoms with Crippen molar-refractivity contribution in [1.29, 1.82) is 5.26 Å². The highest BCUT2D eigenvalue weighted by Gasteiger charge is 2.37. The van der Waals surface area contributed by atoms with Crippen molar-refractivity contribution < 1.29 is 14.3 Å². The maximum absolute atomic E-state index is 13.3. The quantitative estimate of drug-likeness (QED) is 0.162. The van der Waals surface area contributed by atoms with Crippen LogP contribution in [0.15, 0.2) is 17.3 Å². The van der Waals surface area contributed by atoms with Crippen LogP contribution >= 0.6 is 11.3 Å². The van der Waals surface area contributed by atoms with Crippen LogP contribution in [0, 0.1) is 23.2 Å². The van der Waals surface area contributed by atoms with Crippen LogP contribution in [0.5, 0.6) is 0 Å². The van der Waals surface area contributed by atoms with E-state index in [1.807, 2.05) is 58.5 Å². The number of carbonyl (C=O) groups is 2. The summed E-state index contributed by atoms with van der Waals surface area (Å²) in [4.78, 5) is 46.2. The van der Waals surface area contributed by atoms with E-state index in [0.29, 0.717) is 42.6 Å². The summed E-state index contributed by atoms with van der Waals surface area (Å²) in [5.74, 6) is 6.09. The second kappa shape index (κ2) is 12.5. The summed E-state index contributed by atoms with van der Waals surface area (Å²) < 4.78 is 5.57. The molecule has 0 radical (unpaired) electrons. The Morgan fingerprint density at radius 3 is 2.74 bits per heavy atom. The first kappa shape index (κ1) is 31.0. The lowest BCUT2D eigenvalue weighted by Crippen LogP contribution is -2.43. The zero-order chi connectivity index (χ0) is 30.7. The zero-order valence-corrected chi connectivity index (χ0v) is 26.3. The van der Waals surface area contributed by atoms with E-state index in [0.717, 1.165) is 29.7 Å². The molecule has 1 aliphatic carbocycles. The van der Waals surface area contributed by atoms with Gasteiger partial charge in [0.1, 0.15) is 22.4 Å². The molecule has 0 unspecified atom stereocenters. The first-order chi connectivity index (χ1) is 19.8. The first-order valence-electron chi connectivity index (χ1n) is 14.2. The molecule has 1 aliphatic heterocycles. The first-order valence-corrected chi connectivity index (χ1v) is 15.0. The van der Waals surface area contributed by atoms with Crippen molar-refractivity contribution >= 4 is 40.5 Å². The van der Waals surface area contributed by atoms with Crippen molar-refractivity contribution in [3.05, 3.63) is 34.0 Å². The molecule has 0 aromatic carbocycles. The second-order valence-corrected chi connectivity index (χ2v) is 13.3. The molecule has 0 bridgehead atoms. The summed E-state index contributed by atoms with van der Waals surface area (Å²) in [7, 11) is 3.77. The van der Waals surface area contributed by atoms with E-state index >= 15 is 0 Å². The molecule has 1 saturated heterocycles. The number of fused-ring (bicyclic) bond motifs is 1. The Morgan fingerprint density at radius 1 is 1.29 bits per heavy atom. The number of ketones is 1. The number of rotatable bonds is 4. The van der Waals surface area contributed by atoms with E-state index in [9.17, 15) is 14.9 Å². The van der Waals surface area contributed by atoms with E-state index in [1.165, 1.54) is 11.3 Å². The molecule has 4 rings (SSSR count). The molecule has 0 spiro atoms. The average Bonchev–Trinajstić information content (AvgIpc) is 3.18. The number of anilines is 1. The molecular weight excluding hydrogens is 550 g/mol. The van der Waals surface area contributed by atoms with Gasteiger partial charge in [0.2, 0.25) is 5.95 Å². The third-order valence-electron chi connectivity index (χ3n) is 7.19. The SMILES string of the molecule is C[C@H]1CN(C(=O)OC(C)(C)C)CCCN1c1nccc(C(=O)C#C[C@@]2(C)CCCc3sc(N=CN(C)C)c(C#N)c32)n1. The smallest absolute Gasteiger partial charge is 0.410 e. The van der Waals surface area contributed by atoms with Crippen molar-refractivity contribution in [3.63, 3.8) is 0 Å². The predicted octanol–water partition coefficient (Wildman–Crippen LogP) is 4.95. The van der Waals surface area contributed by atoms with Gasteiger partial charge in [0.25, 0.3) is 5.78 Å². The van der Waals surface area contributed by atoms with Crippen molar-refractivity contribution in [1.82, 2.24) is 19.8 Å². The van der Waals surface area contributed by atoms with E-state index in [-0.39, 0.29) is 17.8 Å². The Bertz CT molecular complexity index is 1470. The van der Waals surface area contributed by atoms with Gasteiger partial charge < -0.3 is 19.4 Å². The van der Waals surface area contributed by atoms with Gasteiger partial charge in [0, 0.05) is 56.4 Å². The number of aryl methyl sites for hydroxylation is 1. The second-order valence-electron chi connectivity index (χ2n) is 12.2. The monoisotopic (exact) mass is 589 g/mol. The van der Waals surface area contributed by atoms with Gasteiger partial charge in [-0.2, -0.15) is 5.26 Å². The highest BCUT2D eigenvalue weighted by atomic mass is 32.1. The Morgan fingerprint density at radius 2 is 2.05 bits per heavy atom. The Labute approximate surface area is 252 Å². The standard InChI is InChI=1S/C31H39N7O3S/c1-21-19-37(29(40)41-30(2,3)4)16-9-17-38(21)28-33-15-12-23(35-28)24(39)11-14-31(5)13-8-10-25-26(31)22(18-32)27(42-25)34-20-36(6)7/h12,15,20-21H,8-10,13,16-17,19H2,1-7H3/t21-,31+/m0/s1. The number of thiophene rings is 1. The number of ether oxygens (including phenoxy) is 1. The lowest BCUT2D eigenvalue weighted by atomic mass is 9.73. The van der Waals surface area contributed by atoms with Gasteiger partial charge in [-0.25, -0.2) is 19.8 Å². The number of amides is 1. The minimum atomic E-state index is -0.642. The normalized spacial score (nSPS) is 20.7. The molecule has 42 heavy (non-hydrogen) atoms.